The number of aryl methyl sites for hydroxylation is 1. The van der Waals surface area contributed by atoms with Gasteiger partial charge in [0.2, 0.25) is 17.7 Å². The molecule has 5 aromatic rings. The van der Waals surface area contributed by atoms with Gasteiger partial charge in [-0.3, -0.25) is 19.2 Å². The summed E-state index contributed by atoms with van der Waals surface area (Å²) in [5, 5.41) is 52.6. The first-order valence-electron chi connectivity index (χ1n) is 22.0. The number of nitrogen functional groups attached to an aromatic ring is 1. The number of carbonyl (C=O) groups excluding carboxylic acids is 4. The largest absolute Gasteiger partial charge is 0.482 e. The van der Waals surface area contributed by atoms with Gasteiger partial charge < -0.3 is 65.8 Å². The Bertz CT molecular complexity index is 2590. The minimum atomic E-state index is -1.50. The van der Waals surface area contributed by atoms with Gasteiger partial charge in [-0.05, 0) is 47.2 Å². The molecule has 2 aliphatic heterocycles. The number of thiazole rings is 1. The Morgan fingerprint density at radius 2 is 1.76 bits per heavy atom. The number of hydrogen-bond donors (Lipinski definition) is 8. The summed E-state index contributed by atoms with van der Waals surface area (Å²) in [4.78, 5) is 68.0. The summed E-state index contributed by atoms with van der Waals surface area (Å²) in [6, 6.07) is 11.8. The minimum Gasteiger partial charge on any atom is -0.482 e. The fourth-order valence-corrected chi connectivity index (χ4v) is 9.10. The van der Waals surface area contributed by atoms with Crippen LogP contribution in [0.25, 0.3) is 21.5 Å². The summed E-state index contributed by atoms with van der Waals surface area (Å²) >= 11 is 7.89. The van der Waals surface area contributed by atoms with Crippen LogP contribution in [0.4, 0.5) is 5.82 Å². The highest BCUT2D eigenvalue weighted by Crippen LogP contribution is 2.39. The van der Waals surface area contributed by atoms with Crippen LogP contribution in [0, 0.1) is 12.3 Å². The topological polar surface area (TPSA) is 286 Å². The Hall–Kier alpha value is -5.78. The van der Waals surface area contributed by atoms with Crippen molar-refractivity contribution in [3.05, 3.63) is 88.4 Å². The number of hydrogen-bond acceptors (Lipinski definition) is 16. The quantitative estimate of drug-likeness (QED) is 0.0584. The zero-order valence-corrected chi connectivity index (χ0v) is 39.4. The molecule has 2 fully saturated rings. The normalized spacial score (nSPS) is 21.4. The molecule has 7 rings (SSSR count). The van der Waals surface area contributed by atoms with E-state index < -0.39 is 84.5 Å². The summed E-state index contributed by atoms with van der Waals surface area (Å²) in [6.45, 7) is 7.17. The molecule has 0 radical (unpaired) electrons. The number of rotatable bonds is 18. The van der Waals surface area contributed by atoms with Crippen LogP contribution in [-0.4, -0.2) is 138 Å². The van der Waals surface area contributed by atoms with Crippen molar-refractivity contribution in [3.8, 4) is 16.2 Å². The Balaban J connectivity index is 0.827. The van der Waals surface area contributed by atoms with E-state index in [2.05, 4.69) is 30.9 Å². The van der Waals surface area contributed by atoms with Crippen molar-refractivity contribution in [1.29, 1.82) is 0 Å². The van der Waals surface area contributed by atoms with Gasteiger partial charge in [-0.25, -0.2) is 15.0 Å². The van der Waals surface area contributed by atoms with Gasteiger partial charge >= 0.3 is 0 Å². The highest BCUT2D eigenvalue weighted by molar-refractivity contribution is 7.13. The number of aromatic nitrogens is 4. The summed E-state index contributed by atoms with van der Waals surface area (Å²) in [6.07, 6.45) is -4.84. The maximum Gasteiger partial charge on any atom is 0.258 e. The van der Waals surface area contributed by atoms with Crippen molar-refractivity contribution in [2.24, 2.45) is 5.41 Å². The monoisotopic (exact) mass is 977 g/mol. The smallest absolute Gasteiger partial charge is 0.258 e. The van der Waals surface area contributed by atoms with E-state index in [0.29, 0.717) is 11.0 Å². The van der Waals surface area contributed by atoms with Crippen molar-refractivity contribution in [3.63, 3.8) is 0 Å². The standard InChI is InChI=1S/C46H56ClN9O11S/c1-24-39(68-23-53-24)26-7-5-25(6-8-26)19-50-43(63)31-18-28(57)20-56(31)44(64)40(46(2,3)4)54-33(58)12-15-65-16-13-49-34(59)21-66-32-17-27(9-10-30(32)47)35(60)38-36(61)37(62)45(67-38)55-14-11-29-41(48)51-22-52-42(29)55/h5-11,14,17,22-23,28,31,35-38,40,45,57,60-62H,12-13,15-16,18-21H2,1-4H3,(H,49,59)(H,50,63)(H,54,58)(H2,48,51,52)/t28-,31+,35-,36+,37-,38-,40-,45-/m1/s1. The molecule has 364 valence electrons. The van der Waals surface area contributed by atoms with Gasteiger partial charge in [0.05, 0.1) is 45.8 Å². The van der Waals surface area contributed by atoms with Crippen molar-refractivity contribution >= 4 is 63.4 Å². The summed E-state index contributed by atoms with van der Waals surface area (Å²) in [5.41, 5.74) is 10.4. The lowest BCUT2D eigenvalue weighted by Gasteiger charge is -2.35. The number of aliphatic hydroxyl groups excluding tert-OH is 4. The number of halogens is 1. The fourth-order valence-electron chi connectivity index (χ4n) is 8.11. The Morgan fingerprint density at radius 1 is 1.00 bits per heavy atom. The predicted octanol–water partition coefficient (Wildman–Crippen LogP) is 2.16. The van der Waals surface area contributed by atoms with Gasteiger partial charge in [0.25, 0.3) is 5.91 Å². The third-order valence-corrected chi connectivity index (χ3v) is 13.1. The molecule has 9 N–H and O–H groups in total. The molecule has 3 aromatic heterocycles. The number of carbonyl (C=O) groups is 4. The second-order valence-electron chi connectivity index (χ2n) is 17.8. The zero-order valence-electron chi connectivity index (χ0n) is 37.9. The van der Waals surface area contributed by atoms with Crippen LogP contribution >= 0.6 is 22.9 Å². The summed E-state index contributed by atoms with van der Waals surface area (Å²) < 4.78 is 18.7. The molecule has 0 spiro atoms. The van der Waals surface area contributed by atoms with Crippen LogP contribution in [0.1, 0.15) is 62.8 Å². The van der Waals surface area contributed by atoms with Crippen LogP contribution in [0.3, 0.4) is 0 Å². The number of nitrogens with zero attached hydrogens (tertiary/aromatic N) is 5. The first-order chi connectivity index (χ1) is 32.4. The van der Waals surface area contributed by atoms with Gasteiger partial charge in [0, 0.05) is 38.7 Å². The maximum absolute atomic E-state index is 14.0. The molecule has 0 bridgehead atoms. The van der Waals surface area contributed by atoms with E-state index in [9.17, 15) is 39.6 Å². The molecule has 68 heavy (non-hydrogen) atoms. The molecule has 20 nitrogen and oxygen atoms in total. The first kappa shape index (κ1) is 50.1. The predicted molar refractivity (Wildman–Crippen MR) is 250 cm³/mol. The van der Waals surface area contributed by atoms with E-state index in [1.165, 1.54) is 34.0 Å². The number of nitrogens with two attached hydrogens (primary N) is 1. The Morgan fingerprint density at radius 3 is 2.49 bits per heavy atom. The van der Waals surface area contributed by atoms with E-state index in [0.717, 1.165) is 21.7 Å². The van der Waals surface area contributed by atoms with Crippen LogP contribution in [0.5, 0.6) is 5.75 Å². The number of amides is 4. The second-order valence-corrected chi connectivity index (χ2v) is 19.0. The Kier molecular flexibility index (Phi) is 16.0. The molecule has 0 aliphatic carbocycles. The lowest BCUT2D eigenvalue weighted by Crippen LogP contribution is -2.57. The van der Waals surface area contributed by atoms with E-state index in [4.69, 9.17) is 31.5 Å². The molecule has 2 aliphatic rings. The molecule has 8 atom stereocenters. The van der Waals surface area contributed by atoms with E-state index in [1.807, 2.05) is 31.2 Å². The third-order valence-electron chi connectivity index (χ3n) is 11.8. The van der Waals surface area contributed by atoms with Crippen molar-refractivity contribution < 1.29 is 53.8 Å². The van der Waals surface area contributed by atoms with Crippen molar-refractivity contribution in [1.82, 2.24) is 40.4 Å². The van der Waals surface area contributed by atoms with E-state index in [1.54, 1.807) is 49.9 Å². The van der Waals surface area contributed by atoms with Crippen LogP contribution in [0.15, 0.2) is 66.6 Å². The number of fused-ring (bicyclic) bond motifs is 1. The van der Waals surface area contributed by atoms with Gasteiger partial charge in [-0.15, -0.1) is 11.3 Å². The number of β-amino-alcohol motifs (C(OH)–C–C–N with tert-alkyl or cyclic N) is 1. The lowest BCUT2D eigenvalue weighted by atomic mass is 9.85. The molecule has 5 heterocycles. The zero-order chi connectivity index (χ0) is 48.9. The van der Waals surface area contributed by atoms with Gasteiger partial charge in [0.15, 0.2) is 12.8 Å². The molecular formula is C46H56ClN9O11S. The molecule has 4 amide bonds. The second kappa shape index (κ2) is 21.7. The molecule has 0 unspecified atom stereocenters. The minimum absolute atomic E-state index is 0.0194. The van der Waals surface area contributed by atoms with Gasteiger partial charge in [0.1, 0.15) is 60.0 Å². The number of ether oxygens (including phenoxy) is 3. The average Bonchev–Trinajstić information content (AvgIpc) is 4.11. The number of aliphatic hydroxyl groups is 4. The number of benzene rings is 2. The van der Waals surface area contributed by atoms with Crippen LogP contribution in [0.2, 0.25) is 5.02 Å². The number of anilines is 1. The summed E-state index contributed by atoms with van der Waals surface area (Å²) in [5.74, 6) is -1.57. The van der Waals surface area contributed by atoms with Crippen LogP contribution in [-0.2, 0) is 35.2 Å². The number of nitrogens with one attached hydrogen (secondary N) is 3. The van der Waals surface area contributed by atoms with Gasteiger partial charge in [-0.2, -0.15) is 0 Å². The van der Waals surface area contributed by atoms with Crippen LogP contribution < -0.4 is 26.4 Å². The highest BCUT2D eigenvalue weighted by Gasteiger charge is 2.48. The molecular weight excluding hydrogens is 922 g/mol. The molecule has 22 heteroatoms. The van der Waals surface area contributed by atoms with E-state index in [-0.39, 0.29) is 67.8 Å². The lowest BCUT2D eigenvalue weighted by molar-refractivity contribution is -0.144. The first-order valence-corrected chi connectivity index (χ1v) is 23.3. The number of likely N-dealkylation sites (tertiary alicyclic amines) is 1. The van der Waals surface area contributed by atoms with Crippen molar-refractivity contribution in [2.75, 3.05) is 38.6 Å². The van der Waals surface area contributed by atoms with Gasteiger partial charge in [-0.1, -0.05) is 62.7 Å². The molecule has 2 aromatic carbocycles. The van der Waals surface area contributed by atoms with Crippen molar-refractivity contribution in [2.45, 2.75) is 95.9 Å². The average molecular weight is 979 g/mol. The fraction of sp³-hybridized carbons (Fsp3) is 0.457. The SMILES string of the molecule is Cc1ncsc1-c1ccc(CNC(=O)[C@@H]2C[C@@H](O)CN2C(=O)[C@@H](NC(=O)CCOCCNC(=O)COc2cc([C@@H](O)[C@H]3O[C@@H](n4ccc5c(N)ncnc54)[C@H](O)[C@@H]3O)ccc2Cl)C(C)(C)C)cc1. The molecule has 2 saturated heterocycles. The maximum atomic E-state index is 14.0. The summed E-state index contributed by atoms with van der Waals surface area (Å²) in [7, 11) is 0. The highest BCUT2D eigenvalue weighted by atomic mass is 35.5. The molecule has 0 saturated carbocycles. The Labute approximate surface area is 400 Å². The van der Waals surface area contributed by atoms with E-state index >= 15 is 0 Å². The third kappa shape index (κ3) is 11.6.